The minimum Gasteiger partial charge on any atom is -0.465 e. The van der Waals surface area contributed by atoms with E-state index in [0.717, 1.165) is 5.56 Å². The molecule has 5 heteroatoms. The van der Waals surface area contributed by atoms with Gasteiger partial charge in [0.15, 0.2) is 0 Å². The molecule has 0 aliphatic heterocycles. The second kappa shape index (κ2) is 7.04. The Balaban J connectivity index is 1.95. The number of carbonyl (C=O) groups is 2. The van der Waals surface area contributed by atoms with E-state index in [1.807, 2.05) is 31.2 Å². The van der Waals surface area contributed by atoms with Crippen LogP contribution in [0.4, 0.5) is 5.69 Å². The summed E-state index contributed by atoms with van der Waals surface area (Å²) in [6, 6.07) is 9.71. The first-order chi connectivity index (χ1) is 10.1. The Bertz CT molecular complexity index is 648. The number of methoxy groups -OCH3 is 1. The summed E-state index contributed by atoms with van der Waals surface area (Å²) in [7, 11) is 1.33. The third-order valence-electron chi connectivity index (χ3n) is 3.19. The highest BCUT2D eigenvalue weighted by molar-refractivity contribution is 7.12. The van der Waals surface area contributed by atoms with Crippen molar-refractivity contribution < 1.29 is 14.3 Å². The van der Waals surface area contributed by atoms with Gasteiger partial charge in [0.05, 0.1) is 12.8 Å². The number of benzene rings is 1. The smallest absolute Gasteiger partial charge is 0.350 e. The lowest BCUT2D eigenvalue weighted by atomic mass is 10.0. The van der Waals surface area contributed by atoms with E-state index in [2.05, 4.69) is 10.1 Å². The number of hydrogen-bond donors (Lipinski definition) is 1. The van der Waals surface area contributed by atoms with Gasteiger partial charge in [-0.2, -0.15) is 0 Å². The van der Waals surface area contributed by atoms with Gasteiger partial charge in [-0.1, -0.05) is 24.3 Å². The minimum absolute atomic E-state index is 0.109. The van der Waals surface area contributed by atoms with E-state index < -0.39 is 5.97 Å². The zero-order valence-electron chi connectivity index (χ0n) is 12.0. The van der Waals surface area contributed by atoms with Crippen LogP contribution >= 0.6 is 11.3 Å². The Morgan fingerprint density at radius 2 is 2.00 bits per heavy atom. The molecule has 0 fully saturated rings. The van der Waals surface area contributed by atoms with Crippen LogP contribution in [0.5, 0.6) is 0 Å². The summed E-state index contributed by atoms with van der Waals surface area (Å²) in [5.74, 6) is -0.541. The van der Waals surface area contributed by atoms with E-state index in [1.54, 1.807) is 11.4 Å². The van der Waals surface area contributed by atoms with Crippen molar-refractivity contribution in [3.05, 3.63) is 51.7 Å². The highest BCUT2D eigenvalue weighted by Crippen LogP contribution is 2.23. The van der Waals surface area contributed by atoms with Crippen LogP contribution in [0.25, 0.3) is 0 Å². The monoisotopic (exact) mass is 303 g/mol. The minimum atomic E-state index is -0.431. The van der Waals surface area contributed by atoms with E-state index in [-0.39, 0.29) is 5.91 Å². The van der Waals surface area contributed by atoms with E-state index in [4.69, 9.17) is 0 Å². The molecule has 0 aliphatic rings. The van der Waals surface area contributed by atoms with Crippen LogP contribution in [0.3, 0.4) is 0 Å². The SMILES string of the molecule is COC(=O)c1sccc1NC(=O)CCc1ccccc1C. The average molecular weight is 303 g/mol. The standard InChI is InChI=1S/C16H17NO3S/c1-11-5-3-4-6-12(11)7-8-14(18)17-13-9-10-21-15(13)16(19)20-2/h3-6,9-10H,7-8H2,1-2H3,(H,17,18). The van der Waals surface area contributed by atoms with E-state index in [9.17, 15) is 9.59 Å². The number of nitrogens with one attached hydrogen (secondary N) is 1. The molecular weight excluding hydrogens is 286 g/mol. The summed E-state index contributed by atoms with van der Waals surface area (Å²) in [4.78, 5) is 24.0. The number of amides is 1. The number of thiophene rings is 1. The summed E-state index contributed by atoms with van der Waals surface area (Å²) < 4.78 is 4.68. The fourth-order valence-electron chi connectivity index (χ4n) is 2.01. The fraction of sp³-hybridized carbons (Fsp3) is 0.250. The Morgan fingerprint density at radius 3 is 2.71 bits per heavy atom. The molecule has 0 atom stereocenters. The molecule has 1 aromatic carbocycles. The normalized spacial score (nSPS) is 10.2. The Labute approximate surface area is 127 Å². The van der Waals surface area contributed by atoms with Gasteiger partial charge in [0.2, 0.25) is 5.91 Å². The van der Waals surface area contributed by atoms with E-state index in [1.165, 1.54) is 24.0 Å². The van der Waals surface area contributed by atoms with E-state index in [0.29, 0.717) is 23.4 Å². The quantitative estimate of drug-likeness (QED) is 0.861. The number of hydrogen-bond acceptors (Lipinski definition) is 4. The molecule has 1 amide bonds. The van der Waals surface area contributed by atoms with Gasteiger partial charge in [-0.15, -0.1) is 11.3 Å². The molecule has 0 saturated heterocycles. The van der Waals surface area contributed by atoms with Crippen molar-refractivity contribution in [2.75, 3.05) is 12.4 Å². The first-order valence-corrected chi connectivity index (χ1v) is 7.50. The summed E-state index contributed by atoms with van der Waals surface area (Å²) >= 11 is 1.25. The van der Waals surface area contributed by atoms with Gasteiger partial charge < -0.3 is 10.1 Å². The molecule has 1 N–H and O–H groups in total. The molecular formula is C16H17NO3S. The van der Waals surface area contributed by atoms with Crippen molar-refractivity contribution in [2.45, 2.75) is 19.8 Å². The van der Waals surface area contributed by atoms with Crippen molar-refractivity contribution >= 4 is 28.9 Å². The van der Waals surface area contributed by atoms with Gasteiger partial charge in [-0.05, 0) is 35.9 Å². The van der Waals surface area contributed by atoms with Crippen molar-refractivity contribution in [2.24, 2.45) is 0 Å². The maximum absolute atomic E-state index is 12.0. The molecule has 1 aromatic heterocycles. The maximum atomic E-state index is 12.0. The Morgan fingerprint density at radius 1 is 1.24 bits per heavy atom. The topological polar surface area (TPSA) is 55.4 Å². The van der Waals surface area contributed by atoms with Gasteiger partial charge in [0.1, 0.15) is 4.88 Å². The number of esters is 1. The molecule has 21 heavy (non-hydrogen) atoms. The third kappa shape index (κ3) is 3.92. The number of anilines is 1. The molecule has 0 unspecified atom stereocenters. The molecule has 2 aromatic rings. The zero-order chi connectivity index (χ0) is 15.2. The van der Waals surface area contributed by atoms with E-state index >= 15 is 0 Å². The zero-order valence-corrected chi connectivity index (χ0v) is 12.8. The van der Waals surface area contributed by atoms with Crippen molar-refractivity contribution in [3.8, 4) is 0 Å². The first-order valence-electron chi connectivity index (χ1n) is 6.62. The predicted octanol–water partition coefficient (Wildman–Crippen LogP) is 3.41. The van der Waals surface area contributed by atoms with Gasteiger partial charge in [-0.3, -0.25) is 4.79 Å². The molecule has 0 spiro atoms. The first kappa shape index (κ1) is 15.3. The molecule has 2 rings (SSSR count). The lowest BCUT2D eigenvalue weighted by molar-refractivity contribution is -0.116. The second-order valence-corrected chi connectivity index (χ2v) is 5.55. The Hall–Kier alpha value is -2.14. The predicted molar refractivity (Wildman–Crippen MR) is 83.8 cm³/mol. The molecule has 0 bridgehead atoms. The second-order valence-electron chi connectivity index (χ2n) is 4.63. The van der Waals surface area contributed by atoms with Crippen LogP contribution in [0, 0.1) is 6.92 Å². The fourth-order valence-corrected chi connectivity index (χ4v) is 2.78. The van der Waals surface area contributed by atoms with Crippen molar-refractivity contribution in [1.29, 1.82) is 0 Å². The number of aryl methyl sites for hydroxylation is 2. The number of rotatable bonds is 5. The molecule has 4 nitrogen and oxygen atoms in total. The highest BCUT2D eigenvalue weighted by atomic mass is 32.1. The van der Waals surface area contributed by atoms with Gasteiger partial charge in [0.25, 0.3) is 0 Å². The Kier molecular flexibility index (Phi) is 5.11. The van der Waals surface area contributed by atoms with Crippen molar-refractivity contribution in [3.63, 3.8) is 0 Å². The van der Waals surface area contributed by atoms with Crippen LogP contribution in [0.15, 0.2) is 35.7 Å². The third-order valence-corrected chi connectivity index (χ3v) is 4.09. The van der Waals surface area contributed by atoms with Crippen molar-refractivity contribution in [1.82, 2.24) is 0 Å². The lowest BCUT2D eigenvalue weighted by Crippen LogP contribution is -2.14. The van der Waals surface area contributed by atoms with Crippen LogP contribution < -0.4 is 5.32 Å². The lowest BCUT2D eigenvalue weighted by Gasteiger charge is -2.07. The van der Waals surface area contributed by atoms with Gasteiger partial charge in [-0.25, -0.2) is 4.79 Å². The summed E-state index contributed by atoms with van der Waals surface area (Å²) in [6.07, 6.45) is 1.05. The van der Waals surface area contributed by atoms with Crippen LogP contribution in [-0.2, 0) is 16.0 Å². The number of carbonyl (C=O) groups excluding carboxylic acids is 2. The largest absolute Gasteiger partial charge is 0.465 e. The number of ether oxygens (including phenoxy) is 1. The summed E-state index contributed by atoms with van der Waals surface area (Å²) in [5.41, 5.74) is 2.85. The average Bonchev–Trinajstić information content (AvgIpc) is 2.93. The highest BCUT2D eigenvalue weighted by Gasteiger charge is 2.15. The molecule has 110 valence electrons. The maximum Gasteiger partial charge on any atom is 0.350 e. The van der Waals surface area contributed by atoms with Gasteiger partial charge >= 0.3 is 5.97 Å². The molecule has 0 aliphatic carbocycles. The molecule has 1 heterocycles. The summed E-state index contributed by atoms with van der Waals surface area (Å²) in [5, 5.41) is 4.52. The summed E-state index contributed by atoms with van der Waals surface area (Å²) in [6.45, 7) is 2.03. The molecule has 0 radical (unpaired) electrons. The van der Waals surface area contributed by atoms with Crippen LogP contribution in [-0.4, -0.2) is 19.0 Å². The van der Waals surface area contributed by atoms with Gasteiger partial charge in [0, 0.05) is 6.42 Å². The van der Waals surface area contributed by atoms with Crippen LogP contribution in [0.1, 0.15) is 27.2 Å². The van der Waals surface area contributed by atoms with Crippen LogP contribution in [0.2, 0.25) is 0 Å². The molecule has 0 saturated carbocycles.